The Morgan fingerprint density at radius 2 is 1.86 bits per heavy atom. The SMILES string of the molecule is COc1ccc(/C=c2\sc3nc(Cc4ccc(SC)cc4)nn3c2=O)cc1OC. The molecule has 148 valence electrons. The standard InChI is InChI=1S/C21H19N3O3S2/c1-26-16-9-6-14(10-17(16)27-2)11-18-20(25)24-21(29-18)22-19(23-24)12-13-4-7-15(28-3)8-5-13/h4-11H,12H2,1-3H3/b18-11-. The van der Waals surface area contributed by atoms with Crippen LogP contribution in [-0.2, 0) is 6.42 Å². The highest BCUT2D eigenvalue weighted by molar-refractivity contribution is 7.98. The number of rotatable bonds is 6. The number of aromatic nitrogens is 3. The topological polar surface area (TPSA) is 65.7 Å². The molecule has 2 heterocycles. The van der Waals surface area contributed by atoms with Crippen molar-refractivity contribution in [3.8, 4) is 11.5 Å². The van der Waals surface area contributed by atoms with E-state index >= 15 is 0 Å². The average molecular weight is 426 g/mol. The summed E-state index contributed by atoms with van der Waals surface area (Å²) in [6.45, 7) is 0. The summed E-state index contributed by atoms with van der Waals surface area (Å²) < 4.78 is 12.5. The lowest BCUT2D eigenvalue weighted by Crippen LogP contribution is -2.23. The van der Waals surface area contributed by atoms with Crippen LogP contribution in [0.2, 0.25) is 0 Å². The fourth-order valence-corrected chi connectivity index (χ4v) is 4.30. The Hall–Kier alpha value is -2.84. The molecule has 0 aliphatic heterocycles. The zero-order chi connectivity index (χ0) is 20.4. The molecule has 2 aromatic heterocycles. The lowest BCUT2D eigenvalue weighted by molar-refractivity contribution is 0.355. The number of fused-ring (bicyclic) bond motifs is 1. The number of nitrogens with zero attached hydrogens (tertiary/aromatic N) is 3. The van der Waals surface area contributed by atoms with Crippen LogP contribution in [0, 0.1) is 0 Å². The van der Waals surface area contributed by atoms with Crippen molar-refractivity contribution >= 4 is 34.1 Å². The second kappa shape index (κ2) is 8.26. The molecule has 2 aromatic carbocycles. The molecule has 0 aliphatic rings. The van der Waals surface area contributed by atoms with Gasteiger partial charge >= 0.3 is 0 Å². The Bertz CT molecular complexity index is 1260. The number of methoxy groups -OCH3 is 2. The Kier molecular flexibility index (Phi) is 5.55. The maximum absolute atomic E-state index is 12.7. The second-order valence-electron chi connectivity index (χ2n) is 6.28. The number of benzene rings is 2. The molecule has 0 saturated carbocycles. The van der Waals surface area contributed by atoms with E-state index in [9.17, 15) is 4.79 Å². The molecule has 0 atom stereocenters. The summed E-state index contributed by atoms with van der Waals surface area (Å²) in [6.07, 6.45) is 4.45. The van der Waals surface area contributed by atoms with Crippen LogP contribution < -0.4 is 19.6 Å². The lowest BCUT2D eigenvalue weighted by Gasteiger charge is -2.07. The van der Waals surface area contributed by atoms with E-state index in [1.165, 1.54) is 20.7 Å². The number of hydrogen-bond acceptors (Lipinski definition) is 7. The van der Waals surface area contributed by atoms with E-state index in [-0.39, 0.29) is 5.56 Å². The fourth-order valence-electron chi connectivity index (χ4n) is 2.97. The maximum atomic E-state index is 12.7. The highest BCUT2D eigenvalue weighted by Gasteiger charge is 2.11. The molecular weight excluding hydrogens is 406 g/mol. The first-order valence-electron chi connectivity index (χ1n) is 8.86. The lowest BCUT2D eigenvalue weighted by atomic mass is 10.1. The van der Waals surface area contributed by atoms with Crippen molar-refractivity contribution in [1.29, 1.82) is 0 Å². The quantitative estimate of drug-likeness (QED) is 0.443. The predicted octanol–water partition coefficient (Wildman–Crippen LogP) is 3.03. The van der Waals surface area contributed by atoms with Crippen LogP contribution in [-0.4, -0.2) is 35.1 Å². The zero-order valence-corrected chi connectivity index (χ0v) is 17.8. The minimum atomic E-state index is -0.170. The van der Waals surface area contributed by atoms with Crippen molar-refractivity contribution < 1.29 is 9.47 Å². The minimum absolute atomic E-state index is 0.170. The van der Waals surface area contributed by atoms with E-state index in [1.807, 2.05) is 30.5 Å². The average Bonchev–Trinajstić information content (AvgIpc) is 3.27. The van der Waals surface area contributed by atoms with E-state index in [0.29, 0.717) is 33.2 Å². The summed E-state index contributed by atoms with van der Waals surface area (Å²) >= 11 is 3.03. The fraction of sp³-hybridized carbons (Fsp3) is 0.190. The third kappa shape index (κ3) is 3.99. The highest BCUT2D eigenvalue weighted by atomic mass is 32.2. The molecule has 4 rings (SSSR count). The van der Waals surface area contributed by atoms with E-state index in [0.717, 1.165) is 11.1 Å². The van der Waals surface area contributed by atoms with Crippen molar-refractivity contribution in [1.82, 2.24) is 14.6 Å². The van der Waals surface area contributed by atoms with Gasteiger partial charge in [0.15, 0.2) is 17.3 Å². The van der Waals surface area contributed by atoms with Crippen molar-refractivity contribution in [2.24, 2.45) is 0 Å². The number of thioether (sulfide) groups is 1. The first kappa shape index (κ1) is 19.5. The Labute approximate surface area is 175 Å². The number of thiazole rings is 1. The van der Waals surface area contributed by atoms with Crippen molar-refractivity contribution in [3.05, 3.63) is 74.3 Å². The first-order chi connectivity index (χ1) is 14.1. The van der Waals surface area contributed by atoms with Gasteiger partial charge in [-0.05, 0) is 47.7 Å². The molecule has 0 bridgehead atoms. The predicted molar refractivity (Wildman–Crippen MR) is 116 cm³/mol. The summed E-state index contributed by atoms with van der Waals surface area (Å²) in [6, 6.07) is 13.8. The van der Waals surface area contributed by atoms with Gasteiger partial charge in [-0.25, -0.2) is 4.98 Å². The maximum Gasteiger partial charge on any atom is 0.291 e. The Morgan fingerprint density at radius 3 is 2.52 bits per heavy atom. The third-order valence-electron chi connectivity index (χ3n) is 4.45. The van der Waals surface area contributed by atoms with Crippen LogP contribution >= 0.6 is 23.1 Å². The molecule has 4 aromatic rings. The number of hydrogen-bond donors (Lipinski definition) is 0. The Morgan fingerprint density at radius 1 is 1.10 bits per heavy atom. The molecule has 0 saturated heterocycles. The van der Waals surface area contributed by atoms with Crippen molar-refractivity contribution in [2.75, 3.05) is 20.5 Å². The van der Waals surface area contributed by atoms with E-state index in [4.69, 9.17) is 9.47 Å². The molecule has 0 N–H and O–H groups in total. The molecule has 8 heteroatoms. The summed E-state index contributed by atoms with van der Waals surface area (Å²) in [7, 11) is 3.17. The van der Waals surface area contributed by atoms with Gasteiger partial charge in [0.2, 0.25) is 4.96 Å². The van der Waals surface area contributed by atoms with Crippen LogP contribution in [0.4, 0.5) is 0 Å². The van der Waals surface area contributed by atoms with Crippen molar-refractivity contribution in [2.45, 2.75) is 11.3 Å². The second-order valence-corrected chi connectivity index (χ2v) is 8.17. The molecule has 0 amide bonds. The summed E-state index contributed by atoms with van der Waals surface area (Å²) in [4.78, 5) is 19.1. The molecule has 29 heavy (non-hydrogen) atoms. The van der Waals surface area contributed by atoms with Crippen LogP contribution in [0.25, 0.3) is 11.0 Å². The van der Waals surface area contributed by atoms with Gasteiger partial charge in [-0.1, -0.05) is 29.5 Å². The van der Waals surface area contributed by atoms with Gasteiger partial charge in [-0.15, -0.1) is 16.9 Å². The largest absolute Gasteiger partial charge is 0.493 e. The minimum Gasteiger partial charge on any atom is -0.493 e. The summed E-state index contributed by atoms with van der Waals surface area (Å²) in [5, 5.41) is 4.41. The zero-order valence-electron chi connectivity index (χ0n) is 16.2. The molecular formula is C21H19N3O3S2. The van der Waals surface area contributed by atoms with Gasteiger partial charge in [0.25, 0.3) is 5.56 Å². The molecule has 0 aliphatic carbocycles. The van der Waals surface area contributed by atoms with Gasteiger partial charge in [0, 0.05) is 11.3 Å². The molecule has 0 fully saturated rings. The highest BCUT2D eigenvalue weighted by Crippen LogP contribution is 2.27. The summed E-state index contributed by atoms with van der Waals surface area (Å²) in [5.41, 5.74) is 1.79. The monoisotopic (exact) mass is 425 g/mol. The van der Waals surface area contributed by atoms with Gasteiger partial charge in [-0.2, -0.15) is 4.52 Å². The van der Waals surface area contributed by atoms with E-state index < -0.39 is 0 Å². The van der Waals surface area contributed by atoms with Crippen LogP contribution in [0.15, 0.2) is 52.2 Å². The van der Waals surface area contributed by atoms with Crippen LogP contribution in [0.1, 0.15) is 17.0 Å². The first-order valence-corrected chi connectivity index (χ1v) is 10.9. The number of ether oxygens (including phenoxy) is 2. The third-order valence-corrected chi connectivity index (χ3v) is 6.16. The summed E-state index contributed by atoms with van der Waals surface area (Å²) in [5.74, 6) is 1.90. The van der Waals surface area contributed by atoms with Gasteiger partial charge < -0.3 is 9.47 Å². The van der Waals surface area contributed by atoms with Gasteiger partial charge in [0.1, 0.15) is 0 Å². The smallest absolute Gasteiger partial charge is 0.291 e. The van der Waals surface area contributed by atoms with Gasteiger partial charge in [0.05, 0.1) is 18.8 Å². The van der Waals surface area contributed by atoms with Crippen molar-refractivity contribution in [3.63, 3.8) is 0 Å². The normalized spacial score (nSPS) is 11.9. The molecule has 0 radical (unpaired) electrons. The van der Waals surface area contributed by atoms with Gasteiger partial charge in [-0.3, -0.25) is 4.79 Å². The van der Waals surface area contributed by atoms with E-state index in [1.54, 1.807) is 26.0 Å². The molecule has 6 nitrogen and oxygen atoms in total. The molecule has 0 spiro atoms. The molecule has 0 unspecified atom stereocenters. The van der Waals surface area contributed by atoms with E-state index in [2.05, 4.69) is 34.3 Å². The van der Waals surface area contributed by atoms with Crippen LogP contribution in [0.5, 0.6) is 11.5 Å². The Balaban J connectivity index is 1.64. The van der Waals surface area contributed by atoms with Crippen LogP contribution in [0.3, 0.4) is 0 Å².